The smallest absolute Gasteiger partial charge is 0.123 e. The number of benzene rings is 1. The molecule has 2 rings (SSSR count). The zero-order chi connectivity index (χ0) is 14.7. The van der Waals surface area contributed by atoms with E-state index < -0.39 is 0 Å². The lowest BCUT2D eigenvalue weighted by Crippen LogP contribution is -2.20. The van der Waals surface area contributed by atoms with E-state index in [1.807, 2.05) is 25.1 Å². The Morgan fingerprint density at radius 3 is 2.65 bits per heavy atom. The fourth-order valence-corrected chi connectivity index (χ4v) is 2.16. The maximum Gasteiger partial charge on any atom is 0.123 e. The van der Waals surface area contributed by atoms with Crippen LogP contribution in [-0.4, -0.2) is 24.0 Å². The van der Waals surface area contributed by atoms with E-state index in [1.54, 1.807) is 25.1 Å². The van der Waals surface area contributed by atoms with Crippen LogP contribution in [0.2, 0.25) is 5.02 Å². The molecule has 0 aliphatic carbocycles. The van der Waals surface area contributed by atoms with Crippen LogP contribution in [0, 0.1) is 6.92 Å². The Labute approximate surface area is 123 Å². The van der Waals surface area contributed by atoms with Gasteiger partial charge in [-0.25, -0.2) is 0 Å². The molecule has 2 aromatic rings. The van der Waals surface area contributed by atoms with Crippen LogP contribution >= 0.6 is 11.6 Å². The number of halogens is 1. The summed E-state index contributed by atoms with van der Waals surface area (Å²) in [7, 11) is 3.24. The molecule has 5 nitrogen and oxygen atoms in total. The van der Waals surface area contributed by atoms with Crippen molar-refractivity contribution in [1.82, 2.24) is 9.78 Å². The number of hydrogen-bond donors (Lipinski definition) is 1. The number of nitrogens with zero attached hydrogens (tertiary/aromatic N) is 2. The highest BCUT2D eigenvalue weighted by atomic mass is 35.5. The van der Waals surface area contributed by atoms with Gasteiger partial charge < -0.3 is 15.2 Å². The van der Waals surface area contributed by atoms with Gasteiger partial charge in [0.05, 0.1) is 43.7 Å². The van der Waals surface area contributed by atoms with E-state index >= 15 is 0 Å². The summed E-state index contributed by atoms with van der Waals surface area (Å²) in [4.78, 5) is 0. The molecule has 20 heavy (non-hydrogen) atoms. The molecule has 0 spiro atoms. The summed E-state index contributed by atoms with van der Waals surface area (Å²) in [6.45, 7) is 2.42. The Bertz CT molecular complexity index is 598. The van der Waals surface area contributed by atoms with Gasteiger partial charge in [-0.05, 0) is 25.1 Å². The first kappa shape index (κ1) is 14.7. The van der Waals surface area contributed by atoms with E-state index in [2.05, 4.69) is 5.10 Å². The summed E-state index contributed by atoms with van der Waals surface area (Å²) < 4.78 is 12.4. The molecule has 0 amide bonds. The highest BCUT2D eigenvalue weighted by Crippen LogP contribution is 2.29. The molecule has 0 fully saturated rings. The summed E-state index contributed by atoms with van der Waals surface area (Å²) in [5, 5.41) is 4.85. The topological polar surface area (TPSA) is 62.3 Å². The van der Waals surface area contributed by atoms with E-state index in [0.29, 0.717) is 11.6 Å². The molecule has 0 aliphatic rings. The van der Waals surface area contributed by atoms with Crippen LogP contribution in [0.5, 0.6) is 11.5 Å². The van der Waals surface area contributed by atoms with Gasteiger partial charge >= 0.3 is 0 Å². The summed E-state index contributed by atoms with van der Waals surface area (Å²) in [6, 6.07) is 5.29. The molecule has 6 heteroatoms. The van der Waals surface area contributed by atoms with Crippen LogP contribution in [-0.2, 0) is 6.54 Å². The Hall–Kier alpha value is -1.72. The van der Waals surface area contributed by atoms with Gasteiger partial charge in [0.1, 0.15) is 11.5 Å². The molecule has 1 aromatic heterocycles. The minimum atomic E-state index is -0.269. The molecule has 1 heterocycles. The largest absolute Gasteiger partial charge is 0.497 e. The molecule has 1 unspecified atom stereocenters. The predicted octanol–water partition coefficient (Wildman–Crippen LogP) is 2.56. The molecule has 108 valence electrons. The lowest BCUT2D eigenvalue weighted by atomic mass is 10.1. The number of nitrogens with two attached hydrogens (primary N) is 1. The average molecular weight is 296 g/mol. The van der Waals surface area contributed by atoms with Crippen LogP contribution in [0.25, 0.3) is 0 Å². The first-order valence-corrected chi connectivity index (χ1v) is 6.60. The second-order valence-electron chi connectivity index (χ2n) is 4.47. The Morgan fingerprint density at radius 2 is 2.10 bits per heavy atom. The second-order valence-corrected chi connectivity index (χ2v) is 4.88. The van der Waals surface area contributed by atoms with Crippen molar-refractivity contribution < 1.29 is 9.47 Å². The van der Waals surface area contributed by atoms with Gasteiger partial charge in [-0.3, -0.25) is 4.68 Å². The van der Waals surface area contributed by atoms with E-state index in [9.17, 15) is 0 Å². The fraction of sp³-hybridized carbons (Fsp3) is 0.357. The molecule has 1 atom stereocenters. The van der Waals surface area contributed by atoms with Gasteiger partial charge in [-0.1, -0.05) is 11.6 Å². The van der Waals surface area contributed by atoms with E-state index in [-0.39, 0.29) is 6.04 Å². The molecule has 1 aromatic carbocycles. The Kier molecular flexibility index (Phi) is 4.52. The summed E-state index contributed by atoms with van der Waals surface area (Å²) in [6.07, 6.45) is 1.62. The highest BCUT2D eigenvalue weighted by molar-refractivity contribution is 6.31. The van der Waals surface area contributed by atoms with Crippen molar-refractivity contribution in [2.75, 3.05) is 14.2 Å². The van der Waals surface area contributed by atoms with Gasteiger partial charge in [0.25, 0.3) is 0 Å². The highest BCUT2D eigenvalue weighted by Gasteiger charge is 2.16. The van der Waals surface area contributed by atoms with Gasteiger partial charge in [0, 0.05) is 5.56 Å². The third-order valence-corrected chi connectivity index (χ3v) is 3.62. The van der Waals surface area contributed by atoms with Crippen LogP contribution in [0.1, 0.15) is 17.3 Å². The molecule has 0 saturated heterocycles. The summed E-state index contributed by atoms with van der Waals surface area (Å²) in [5.41, 5.74) is 8.03. The number of aromatic nitrogens is 2. The first-order chi connectivity index (χ1) is 9.56. The third kappa shape index (κ3) is 2.89. The van der Waals surface area contributed by atoms with Crippen molar-refractivity contribution >= 4 is 11.6 Å². The van der Waals surface area contributed by atoms with Crippen molar-refractivity contribution in [3.8, 4) is 11.5 Å². The standard InChI is InChI=1S/C14H18ClN3O2/c1-9-12(15)7-17-18(9)8-13(16)11-6-10(19-2)4-5-14(11)20-3/h4-7,13H,8,16H2,1-3H3. The second kappa shape index (κ2) is 6.15. The number of methoxy groups -OCH3 is 2. The number of rotatable bonds is 5. The monoisotopic (exact) mass is 295 g/mol. The summed E-state index contributed by atoms with van der Waals surface area (Å²) in [5.74, 6) is 1.47. The molecular formula is C14H18ClN3O2. The normalized spacial score (nSPS) is 12.2. The fourth-order valence-electron chi connectivity index (χ4n) is 2.02. The van der Waals surface area contributed by atoms with Crippen LogP contribution < -0.4 is 15.2 Å². The van der Waals surface area contributed by atoms with E-state index in [0.717, 1.165) is 22.8 Å². The number of hydrogen-bond acceptors (Lipinski definition) is 4. The predicted molar refractivity (Wildman–Crippen MR) is 78.4 cm³/mol. The molecule has 0 saturated carbocycles. The average Bonchev–Trinajstić information content (AvgIpc) is 2.78. The van der Waals surface area contributed by atoms with Gasteiger partial charge in [-0.2, -0.15) is 5.10 Å². The SMILES string of the molecule is COc1ccc(OC)c(C(N)Cn2ncc(Cl)c2C)c1. The quantitative estimate of drug-likeness (QED) is 0.921. The zero-order valence-electron chi connectivity index (χ0n) is 11.8. The lowest BCUT2D eigenvalue weighted by Gasteiger charge is -2.17. The van der Waals surface area contributed by atoms with E-state index in [4.69, 9.17) is 26.8 Å². The lowest BCUT2D eigenvalue weighted by molar-refractivity contribution is 0.390. The minimum Gasteiger partial charge on any atom is -0.497 e. The first-order valence-electron chi connectivity index (χ1n) is 6.22. The summed E-state index contributed by atoms with van der Waals surface area (Å²) >= 11 is 6.00. The van der Waals surface area contributed by atoms with E-state index in [1.165, 1.54) is 0 Å². The van der Waals surface area contributed by atoms with Crippen LogP contribution in [0.3, 0.4) is 0 Å². The van der Waals surface area contributed by atoms with Gasteiger partial charge in [0.15, 0.2) is 0 Å². The van der Waals surface area contributed by atoms with Crippen molar-refractivity contribution in [1.29, 1.82) is 0 Å². The Balaban J connectivity index is 2.28. The van der Waals surface area contributed by atoms with Crippen LogP contribution in [0.4, 0.5) is 0 Å². The molecular weight excluding hydrogens is 278 g/mol. The zero-order valence-corrected chi connectivity index (χ0v) is 12.5. The van der Waals surface area contributed by atoms with Gasteiger partial charge in [-0.15, -0.1) is 0 Å². The maximum absolute atomic E-state index is 6.27. The molecule has 0 radical (unpaired) electrons. The van der Waals surface area contributed by atoms with Crippen molar-refractivity contribution in [2.45, 2.75) is 19.5 Å². The molecule has 0 aliphatic heterocycles. The number of ether oxygens (including phenoxy) is 2. The minimum absolute atomic E-state index is 0.269. The molecule has 0 bridgehead atoms. The van der Waals surface area contributed by atoms with Crippen molar-refractivity contribution in [2.24, 2.45) is 5.73 Å². The van der Waals surface area contributed by atoms with Crippen molar-refractivity contribution in [3.63, 3.8) is 0 Å². The van der Waals surface area contributed by atoms with Crippen molar-refractivity contribution in [3.05, 3.63) is 40.7 Å². The van der Waals surface area contributed by atoms with Gasteiger partial charge in [0.2, 0.25) is 0 Å². The van der Waals surface area contributed by atoms with Crippen LogP contribution in [0.15, 0.2) is 24.4 Å². The molecule has 2 N–H and O–H groups in total. The Morgan fingerprint density at radius 1 is 1.35 bits per heavy atom. The third-order valence-electron chi connectivity index (χ3n) is 3.25. The maximum atomic E-state index is 6.27.